The van der Waals surface area contributed by atoms with Crippen molar-refractivity contribution < 1.29 is 14.6 Å². The van der Waals surface area contributed by atoms with Crippen molar-refractivity contribution >= 4 is 17.5 Å². The van der Waals surface area contributed by atoms with Crippen LogP contribution in [0.25, 0.3) is 11.5 Å². The van der Waals surface area contributed by atoms with E-state index in [-0.39, 0.29) is 22.9 Å². The topological polar surface area (TPSA) is 89.6 Å². The van der Waals surface area contributed by atoms with E-state index in [4.69, 9.17) is 0 Å². The van der Waals surface area contributed by atoms with Crippen LogP contribution in [0.3, 0.4) is 0 Å². The standard InChI is InChI=1S/C9H8N4O3/c1-5(14)6-3-7(8(15)16-2)13-9(12-6)10-4-11-13/h3-4,14H,1H2,2H3. The smallest absolute Gasteiger partial charge is 0.356 e. The van der Waals surface area contributed by atoms with Crippen LogP contribution in [0.2, 0.25) is 0 Å². The summed E-state index contributed by atoms with van der Waals surface area (Å²) in [4.78, 5) is 19.2. The van der Waals surface area contributed by atoms with Gasteiger partial charge in [0.15, 0.2) is 5.69 Å². The largest absolute Gasteiger partial charge is 0.506 e. The molecule has 82 valence electrons. The number of methoxy groups -OCH3 is 1. The molecule has 0 amide bonds. The number of carbonyl (C=O) groups is 1. The van der Waals surface area contributed by atoms with Crippen molar-refractivity contribution in [1.82, 2.24) is 19.6 Å². The lowest BCUT2D eigenvalue weighted by molar-refractivity contribution is 0.0590. The third-order valence-corrected chi connectivity index (χ3v) is 1.94. The second-order valence-electron chi connectivity index (χ2n) is 2.94. The van der Waals surface area contributed by atoms with Crippen molar-refractivity contribution in [1.29, 1.82) is 0 Å². The number of rotatable bonds is 2. The van der Waals surface area contributed by atoms with Gasteiger partial charge in [0, 0.05) is 6.07 Å². The minimum Gasteiger partial charge on any atom is -0.506 e. The average Bonchev–Trinajstić information content (AvgIpc) is 2.74. The quantitative estimate of drug-likeness (QED) is 0.583. The summed E-state index contributed by atoms with van der Waals surface area (Å²) in [5.74, 6) is -0.663. The lowest BCUT2D eigenvalue weighted by atomic mass is 10.3. The lowest BCUT2D eigenvalue weighted by Crippen LogP contribution is -2.11. The molecule has 0 aromatic carbocycles. The highest BCUT2D eigenvalue weighted by molar-refractivity contribution is 5.88. The van der Waals surface area contributed by atoms with Gasteiger partial charge in [0.05, 0.1) is 7.11 Å². The van der Waals surface area contributed by atoms with Gasteiger partial charge in [-0.05, 0) is 0 Å². The summed E-state index contributed by atoms with van der Waals surface area (Å²) in [5, 5.41) is 13.1. The highest BCUT2D eigenvalue weighted by atomic mass is 16.5. The molecule has 0 bridgehead atoms. The zero-order chi connectivity index (χ0) is 11.7. The fourth-order valence-electron chi connectivity index (χ4n) is 1.21. The number of carbonyl (C=O) groups excluding carboxylic acids is 1. The number of fused-ring (bicyclic) bond motifs is 1. The molecule has 7 nitrogen and oxygen atoms in total. The first-order valence-corrected chi connectivity index (χ1v) is 4.31. The summed E-state index contributed by atoms with van der Waals surface area (Å²) in [6.07, 6.45) is 1.25. The van der Waals surface area contributed by atoms with E-state index in [1.165, 1.54) is 24.0 Å². The Hall–Kier alpha value is -2.44. The molecule has 1 N–H and O–H groups in total. The maximum Gasteiger partial charge on any atom is 0.356 e. The summed E-state index contributed by atoms with van der Waals surface area (Å²) in [6, 6.07) is 1.33. The maximum absolute atomic E-state index is 11.5. The minimum absolute atomic E-state index is 0.121. The summed E-state index contributed by atoms with van der Waals surface area (Å²) in [7, 11) is 1.25. The lowest BCUT2D eigenvalue weighted by Gasteiger charge is -2.04. The summed E-state index contributed by atoms with van der Waals surface area (Å²) in [6.45, 7) is 3.33. The van der Waals surface area contributed by atoms with Crippen molar-refractivity contribution in [2.45, 2.75) is 0 Å². The fraction of sp³-hybridized carbons (Fsp3) is 0.111. The third kappa shape index (κ3) is 1.48. The second kappa shape index (κ2) is 3.61. The Labute approximate surface area is 90.0 Å². The van der Waals surface area contributed by atoms with Crippen molar-refractivity contribution in [3.05, 3.63) is 30.4 Å². The molecule has 2 aromatic rings. The van der Waals surface area contributed by atoms with E-state index in [0.29, 0.717) is 0 Å². The molecule has 0 aliphatic carbocycles. The SMILES string of the molecule is C=C(O)c1cc(C(=O)OC)n2ncnc2n1. The molecule has 0 spiro atoms. The van der Waals surface area contributed by atoms with Crippen LogP contribution in [0.4, 0.5) is 0 Å². The summed E-state index contributed by atoms with van der Waals surface area (Å²) >= 11 is 0. The van der Waals surface area contributed by atoms with Gasteiger partial charge in [-0.2, -0.15) is 14.6 Å². The number of aliphatic hydroxyl groups is 1. The highest BCUT2D eigenvalue weighted by Crippen LogP contribution is 2.11. The molecule has 0 fully saturated rings. The first kappa shape index (κ1) is 10.1. The van der Waals surface area contributed by atoms with Gasteiger partial charge in [-0.25, -0.2) is 9.78 Å². The van der Waals surface area contributed by atoms with E-state index < -0.39 is 5.97 Å². The van der Waals surface area contributed by atoms with E-state index in [2.05, 4.69) is 26.4 Å². The molecular formula is C9H8N4O3. The predicted molar refractivity (Wildman–Crippen MR) is 53.8 cm³/mol. The van der Waals surface area contributed by atoms with E-state index in [9.17, 15) is 9.90 Å². The Morgan fingerprint density at radius 3 is 3.00 bits per heavy atom. The molecule has 16 heavy (non-hydrogen) atoms. The van der Waals surface area contributed by atoms with Crippen molar-refractivity contribution in [3.8, 4) is 0 Å². The zero-order valence-electron chi connectivity index (χ0n) is 8.41. The Kier molecular flexibility index (Phi) is 2.28. The molecule has 0 aliphatic rings. The highest BCUT2D eigenvalue weighted by Gasteiger charge is 2.15. The molecule has 2 aromatic heterocycles. The minimum atomic E-state index is -0.597. The monoisotopic (exact) mass is 220 g/mol. The molecule has 0 saturated heterocycles. The van der Waals surface area contributed by atoms with Gasteiger partial charge in [0.1, 0.15) is 17.8 Å². The maximum atomic E-state index is 11.5. The first-order valence-electron chi connectivity index (χ1n) is 4.31. The van der Waals surface area contributed by atoms with Gasteiger partial charge in [-0.3, -0.25) is 0 Å². The molecule has 0 radical (unpaired) electrons. The fourth-order valence-corrected chi connectivity index (χ4v) is 1.21. The number of aromatic nitrogens is 4. The van der Waals surface area contributed by atoms with Crippen LogP contribution in [0.15, 0.2) is 19.0 Å². The van der Waals surface area contributed by atoms with E-state index in [1.807, 2.05) is 0 Å². The van der Waals surface area contributed by atoms with Gasteiger partial charge in [-0.1, -0.05) is 6.58 Å². The predicted octanol–water partition coefficient (Wildman–Crippen LogP) is 0.440. The van der Waals surface area contributed by atoms with E-state index in [1.54, 1.807) is 0 Å². The summed E-state index contributed by atoms with van der Waals surface area (Å²) < 4.78 is 5.80. The molecule has 0 saturated carbocycles. The van der Waals surface area contributed by atoms with Gasteiger partial charge in [0.25, 0.3) is 5.78 Å². The number of hydrogen-bond acceptors (Lipinski definition) is 6. The second-order valence-corrected chi connectivity index (χ2v) is 2.94. The molecule has 0 aliphatic heterocycles. The molecule has 0 unspecified atom stereocenters. The van der Waals surface area contributed by atoms with Crippen LogP contribution in [0.1, 0.15) is 16.2 Å². The van der Waals surface area contributed by atoms with Crippen LogP contribution < -0.4 is 0 Å². The Morgan fingerprint density at radius 2 is 2.38 bits per heavy atom. The Balaban J connectivity index is 2.73. The van der Waals surface area contributed by atoms with Gasteiger partial charge in [-0.15, -0.1) is 0 Å². The number of esters is 1. The van der Waals surface area contributed by atoms with Crippen LogP contribution in [0.5, 0.6) is 0 Å². The van der Waals surface area contributed by atoms with Crippen molar-refractivity contribution in [2.24, 2.45) is 0 Å². The molecular weight excluding hydrogens is 212 g/mol. The molecule has 0 atom stereocenters. The third-order valence-electron chi connectivity index (χ3n) is 1.94. The number of nitrogens with zero attached hydrogens (tertiary/aromatic N) is 4. The Bertz CT molecular complexity index is 575. The number of ether oxygens (including phenoxy) is 1. The molecule has 2 rings (SSSR count). The number of aliphatic hydroxyl groups excluding tert-OH is 1. The number of hydrogen-bond donors (Lipinski definition) is 1. The average molecular weight is 220 g/mol. The van der Waals surface area contributed by atoms with Gasteiger partial charge in [0.2, 0.25) is 0 Å². The van der Waals surface area contributed by atoms with E-state index in [0.717, 1.165) is 0 Å². The van der Waals surface area contributed by atoms with Crippen molar-refractivity contribution in [2.75, 3.05) is 7.11 Å². The van der Waals surface area contributed by atoms with Crippen LogP contribution in [-0.2, 0) is 4.74 Å². The van der Waals surface area contributed by atoms with Crippen molar-refractivity contribution in [3.63, 3.8) is 0 Å². The van der Waals surface area contributed by atoms with Crippen LogP contribution >= 0.6 is 0 Å². The molecule has 2 heterocycles. The first-order chi connectivity index (χ1) is 7.63. The van der Waals surface area contributed by atoms with Crippen LogP contribution in [0, 0.1) is 0 Å². The van der Waals surface area contributed by atoms with E-state index >= 15 is 0 Å². The van der Waals surface area contributed by atoms with Gasteiger partial charge >= 0.3 is 5.97 Å². The van der Waals surface area contributed by atoms with Crippen LogP contribution in [-0.4, -0.2) is 37.8 Å². The van der Waals surface area contributed by atoms with Gasteiger partial charge < -0.3 is 9.84 Å². The molecule has 7 heteroatoms. The normalized spacial score (nSPS) is 10.3. The zero-order valence-corrected chi connectivity index (χ0v) is 8.41. The summed E-state index contributed by atoms with van der Waals surface area (Å²) in [5.41, 5.74) is 0.274. The Morgan fingerprint density at radius 1 is 1.62 bits per heavy atom.